The Bertz CT molecular complexity index is 785. The van der Waals surface area contributed by atoms with Gasteiger partial charge in [0.2, 0.25) is 5.91 Å². The second-order valence-electron chi connectivity index (χ2n) is 7.41. The molecule has 5 heteroatoms. The van der Waals surface area contributed by atoms with Gasteiger partial charge in [-0.3, -0.25) is 4.79 Å². The van der Waals surface area contributed by atoms with Crippen molar-refractivity contribution in [3.8, 4) is 0 Å². The van der Waals surface area contributed by atoms with Gasteiger partial charge in [-0.05, 0) is 47.2 Å². The third-order valence-corrected chi connectivity index (χ3v) is 4.62. The van der Waals surface area contributed by atoms with Gasteiger partial charge in [-0.25, -0.2) is 4.79 Å². The summed E-state index contributed by atoms with van der Waals surface area (Å²) >= 11 is 0. The zero-order chi connectivity index (χ0) is 20.7. The Labute approximate surface area is 167 Å². The first-order chi connectivity index (χ1) is 13.3. The molecular formula is C23H30N2O3. The number of benzene rings is 2. The molecule has 0 heterocycles. The molecule has 0 spiro atoms. The number of ether oxygens (including phenoxy) is 1. The number of anilines is 2. The van der Waals surface area contributed by atoms with Gasteiger partial charge in [0.15, 0.2) is 0 Å². The van der Waals surface area contributed by atoms with E-state index in [1.54, 1.807) is 24.3 Å². The summed E-state index contributed by atoms with van der Waals surface area (Å²) in [6.07, 6.45) is 0.350. The second kappa shape index (κ2) is 9.93. The van der Waals surface area contributed by atoms with Crippen LogP contribution in [0.5, 0.6) is 0 Å². The molecule has 2 rings (SSSR count). The minimum Gasteiger partial charge on any atom is -0.465 e. The van der Waals surface area contributed by atoms with E-state index in [0.29, 0.717) is 30.4 Å². The molecule has 0 bridgehead atoms. The summed E-state index contributed by atoms with van der Waals surface area (Å²) in [7, 11) is 1.36. The number of esters is 1. The van der Waals surface area contributed by atoms with Crippen molar-refractivity contribution in [3.63, 3.8) is 0 Å². The molecule has 2 aromatic carbocycles. The van der Waals surface area contributed by atoms with Crippen molar-refractivity contribution < 1.29 is 14.3 Å². The highest BCUT2D eigenvalue weighted by atomic mass is 16.5. The molecule has 0 fully saturated rings. The van der Waals surface area contributed by atoms with Crippen molar-refractivity contribution in [2.24, 2.45) is 0 Å². The third-order valence-electron chi connectivity index (χ3n) is 4.62. The molecule has 2 aromatic rings. The minimum absolute atomic E-state index is 0.0197. The smallest absolute Gasteiger partial charge is 0.337 e. The van der Waals surface area contributed by atoms with Gasteiger partial charge in [0, 0.05) is 24.3 Å². The van der Waals surface area contributed by atoms with Crippen LogP contribution in [0, 0.1) is 0 Å². The van der Waals surface area contributed by atoms with Gasteiger partial charge in [-0.2, -0.15) is 0 Å². The van der Waals surface area contributed by atoms with Crippen LogP contribution >= 0.6 is 0 Å². The van der Waals surface area contributed by atoms with Gasteiger partial charge < -0.3 is 15.4 Å². The van der Waals surface area contributed by atoms with E-state index in [4.69, 9.17) is 0 Å². The van der Waals surface area contributed by atoms with Crippen molar-refractivity contribution in [1.29, 1.82) is 0 Å². The van der Waals surface area contributed by atoms with Crippen LogP contribution in [0.1, 0.15) is 67.4 Å². The number of carbonyl (C=O) groups excluding carboxylic acids is 2. The molecule has 0 aliphatic rings. The molecule has 2 N–H and O–H groups in total. The van der Waals surface area contributed by atoms with E-state index in [0.717, 1.165) is 22.5 Å². The van der Waals surface area contributed by atoms with Gasteiger partial charge in [-0.1, -0.05) is 45.9 Å². The van der Waals surface area contributed by atoms with E-state index in [-0.39, 0.29) is 11.9 Å². The summed E-state index contributed by atoms with van der Waals surface area (Å²) in [5.74, 6) is 0.283. The molecule has 0 radical (unpaired) electrons. The average molecular weight is 383 g/mol. The van der Waals surface area contributed by atoms with Crippen LogP contribution in [0.25, 0.3) is 0 Å². The highest BCUT2D eigenvalue weighted by molar-refractivity contribution is 5.93. The highest BCUT2D eigenvalue weighted by Gasteiger charge is 2.15. The van der Waals surface area contributed by atoms with Crippen molar-refractivity contribution in [2.45, 2.75) is 46.0 Å². The van der Waals surface area contributed by atoms with Gasteiger partial charge in [0.05, 0.1) is 12.7 Å². The molecule has 0 aromatic heterocycles. The summed E-state index contributed by atoms with van der Waals surface area (Å²) in [5.41, 5.74) is 4.61. The van der Waals surface area contributed by atoms with Crippen LogP contribution in [0.4, 0.5) is 11.4 Å². The summed E-state index contributed by atoms with van der Waals surface area (Å²) in [6, 6.07) is 13.2. The van der Waals surface area contributed by atoms with Crippen LogP contribution in [-0.2, 0) is 9.53 Å². The minimum atomic E-state index is -0.365. The van der Waals surface area contributed by atoms with Crippen LogP contribution in [-0.4, -0.2) is 25.5 Å². The van der Waals surface area contributed by atoms with E-state index in [1.165, 1.54) is 7.11 Å². The Morgan fingerprint density at radius 1 is 0.929 bits per heavy atom. The lowest BCUT2D eigenvalue weighted by atomic mass is 9.92. The lowest BCUT2D eigenvalue weighted by Crippen LogP contribution is -2.19. The van der Waals surface area contributed by atoms with E-state index >= 15 is 0 Å². The summed E-state index contributed by atoms with van der Waals surface area (Å²) in [6.45, 7) is 9.04. The fourth-order valence-corrected chi connectivity index (χ4v) is 3.06. The van der Waals surface area contributed by atoms with Gasteiger partial charge in [0.1, 0.15) is 0 Å². The summed E-state index contributed by atoms with van der Waals surface area (Å²) in [5, 5.41) is 6.33. The van der Waals surface area contributed by atoms with Crippen LogP contribution < -0.4 is 10.6 Å². The SMILES string of the molecule is COC(=O)c1ccc(NCCC(=O)Nc2c(C(C)C)cccc2C(C)C)cc1. The predicted molar refractivity (Wildman–Crippen MR) is 114 cm³/mol. The fourth-order valence-electron chi connectivity index (χ4n) is 3.06. The average Bonchev–Trinajstić information content (AvgIpc) is 2.67. The van der Waals surface area contributed by atoms with E-state index in [9.17, 15) is 9.59 Å². The van der Waals surface area contributed by atoms with E-state index < -0.39 is 0 Å². The molecule has 150 valence electrons. The molecule has 0 unspecified atom stereocenters. The zero-order valence-electron chi connectivity index (χ0n) is 17.3. The Balaban J connectivity index is 1.97. The van der Waals surface area contributed by atoms with Gasteiger partial charge >= 0.3 is 5.97 Å². The number of carbonyl (C=O) groups is 2. The standard InChI is InChI=1S/C23H30N2O3/c1-15(2)19-7-6-8-20(16(3)4)22(19)25-21(26)13-14-24-18-11-9-17(10-12-18)23(27)28-5/h6-12,15-16,24H,13-14H2,1-5H3,(H,25,26). The summed E-state index contributed by atoms with van der Waals surface area (Å²) < 4.78 is 4.69. The Kier molecular flexibility index (Phi) is 7.61. The molecule has 0 saturated carbocycles. The van der Waals surface area contributed by atoms with E-state index in [2.05, 4.69) is 61.3 Å². The predicted octanol–water partition coefficient (Wildman–Crippen LogP) is 5.16. The molecule has 5 nitrogen and oxygen atoms in total. The molecular weight excluding hydrogens is 352 g/mol. The monoisotopic (exact) mass is 382 g/mol. The molecule has 0 saturated heterocycles. The van der Waals surface area contributed by atoms with Crippen molar-refractivity contribution in [2.75, 3.05) is 24.3 Å². The maximum atomic E-state index is 12.5. The zero-order valence-corrected chi connectivity index (χ0v) is 17.3. The maximum absolute atomic E-state index is 12.5. The fraction of sp³-hybridized carbons (Fsp3) is 0.391. The first-order valence-corrected chi connectivity index (χ1v) is 9.68. The second-order valence-corrected chi connectivity index (χ2v) is 7.41. The number of hydrogen-bond donors (Lipinski definition) is 2. The number of para-hydroxylation sites is 1. The largest absolute Gasteiger partial charge is 0.465 e. The number of amides is 1. The molecule has 0 aliphatic heterocycles. The van der Waals surface area contributed by atoms with Gasteiger partial charge in [0.25, 0.3) is 0 Å². The lowest BCUT2D eigenvalue weighted by molar-refractivity contribution is -0.116. The number of nitrogens with one attached hydrogen (secondary N) is 2. The lowest BCUT2D eigenvalue weighted by Gasteiger charge is -2.20. The van der Waals surface area contributed by atoms with Crippen molar-refractivity contribution >= 4 is 23.3 Å². The number of hydrogen-bond acceptors (Lipinski definition) is 4. The summed E-state index contributed by atoms with van der Waals surface area (Å²) in [4.78, 5) is 24.0. The Morgan fingerprint density at radius 2 is 1.50 bits per heavy atom. The Morgan fingerprint density at radius 3 is 2.00 bits per heavy atom. The van der Waals surface area contributed by atoms with Crippen LogP contribution in [0.15, 0.2) is 42.5 Å². The molecule has 1 amide bonds. The van der Waals surface area contributed by atoms with Crippen LogP contribution in [0.2, 0.25) is 0 Å². The Hall–Kier alpha value is -2.82. The van der Waals surface area contributed by atoms with Crippen LogP contribution in [0.3, 0.4) is 0 Å². The first kappa shape index (κ1) is 21.5. The van der Waals surface area contributed by atoms with E-state index in [1.807, 2.05) is 0 Å². The highest BCUT2D eigenvalue weighted by Crippen LogP contribution is 2.32. The topological polar surface area (TPSA) is 67.4 Å². The van der Waals surface area contributed by atoms with Crippen molar-refractivity contribution in [3.05, 3.63) is 59.2 Å². The maximum Gasteiger partial charge on any atom is 0.337 e. The van der Waals surface area contributed by atoms with Gasteiger partial charge in [-0.15, -0.1) is 0 Å². The quantitative estimate of drug-likeness (QED) is 0.619. The third kappa shape index (κ3) is 5.59. The number of rotatable bonds is 8. The molecule has 0 atom stereocenters. The number of methoxy groups -OCH3 is 1. The molecule has 28 heavy (non-hydrogen) atoms. The molecule has 0 aliphatic carbocycles. The normalized spacial score (nSPS) is 10.8. The first-order valence-electron chi connectivity index (χ1n) is 9.68. The van der Waals surface area contributed by atoms with Crippen molar-refractivity contribution in [1.82, 2.24) is 0 Å².